The molecule has 2 N–H and O–H groups in total. The van der Waals surface area contributed by atoms with E-state index in [1.165, 1.54) is 18.4 Å². The number of fused-ring (bicyclic) bond motifs is 1. The largest absolute Gasteiger partial charge is 0.353 e. The minimum atomic E-state index is -0.102. The zero-order valence-corrected chi connectivity index (χ0v) is 15.0. The zero-order chi connectivity index (χ0) is 16.5. The molecular formula is C17H20N4OS2. The number of thioether (sulfide) groups is 1. The van der Waals surface area contributed by atoms with E-state index in [-0.39, 0.29) is 11.2 Å². The number of aryl methyl sites for hydroxylation is 1. The topological polar surface area (TPSA) is 62.7 Å². The predicted octanol–water partition coefficient (Wildman–Crippen LogP) is 2.96. The molecule has 0 spiro atoms. The maximum atomic E-state index is 12.6. The Balaban J connectivity index is 1.40. The molecule has 1 saturated carbocycles. The van der Waals surface area contributed by atoms with E-state index in [1.807, 2.05) is 16.7 Å². The van der Waals surface area contributed by atoms with Gasteiger partial charge in [-0.1, -0.05) is 24.3 Å². The maximum Gasteiger partial charge on any atom is 0.237 e. The Morgan fingerprint density at radius 1 is 1.42 bits per heavy atom. The Hall–Kier alpha value is -1.60. The molecule has 0 saturated heterocycles. The first kappa shape index (κ1) is 15.9. The SMILES string of the molecule is O=C(NCCn1c(C2CC2)n[nH]c1=S)[C@H]1SCCc2ccccc21. The van der Waals surface area contributed by atoms with Crippen molar-refractivity contribution in [3.05, 3.63) is 46.0 Å². The molecule has 4 rings (SSSR count). The molecule has 24 heavy (non-hydrogen) atoms. The van der Waals surface area contributed by atoms with Crippen molar-refractivity contribution in [1.29, 1.82) is 0 Å². The number of benzene rings is 1. The summed E-state index contributed by atoms with van der Waals surface area (Å²) in [5.74, 6) is 2.66. The van der Waals surface area contributed by atoms with E-state index in [9.17, 15) is 4.79 Å². The summed E-state index contributed by atoms with van der Waals surface area (Å²) < 4.78 is 2.67. The van der Waals surface area contributed by atoms with Crippen LogP contribution >= 0.6 is 24.0 Å². The smallest absolute Gasteiger partial charge is 0.237 e. The molecule has 1 amide bonds. The summed E-state index contributed by atoms with van der Waals surface area (Å²) in [7, 11) is 0. The minimum Gasteiger partial charge on any atom is -0.353 e. The summed E-state index contributed by atoms with van der Waals surface area (Å²) in [5.41, 5.74) is 2.45. The summed E-state index contributed by atoms with van der Waals surface area (Å²) in [5, 5.41) is 10.2. The number of aromatic nitrogens is 3. The van der Waals surface area contributed by atoms with E-state index >= 15 is 0 Å². The molecule has 5 nitrogen and oxygen atoms in total. The average Bonchev–Trinajstić information content (AvgIpc) is 3.39. The van der Waals surface area contributed by atoms with Crippen molar-refractivity contribution in [3.63, 3.8) is 0 Å². The molecule has 2 heterocycles. The summed E-state index contributed by atoms with van der Waals surface area (Å²) in [6, 6.07) is 8.26. The quantitative estimate of drug-likeness (QED) is 0.805. The number of nitrogens with zero attached hydrogens (tertiary/aromatic N) is 2. The van der Waals surface area contributed by atoms with E-state index in [0.29, 0.717) is 23.8 Å². The number of aromatic amines is 1. The average molecular weight is 361 g/mol. The van der Waals surface area contributed by atoms with Gasteiger partial charge in [0.25, 0.3) is 0 Å². The van der Waals surface area contributed by atoms with E-state index < -0.39 is 0 Å². The van der Waals surface area contributed by atoms with Crippen molar-refractivity contribution in [2.45, 2.75) is 37.0 Å². The van der Waals surface area contributed by atoms with Gasteiger partial charge in [0.1, 0.15) is 11.1 Å². The van der Waals surface area contributed by atoms with Crippen LogP contribution in [0.3, 0.4) is 0 Å². The van der Waals surface area contributed by atoms with Gasteiger partial charge >= 0.3 is 0 Å². The Morgan fingerprint density at radius 2 is 2.25 bits per heavy atom. The molecule has 0 bridgehead atoms. The van der Waals surface area contributed by atoms with Gasteiger partial charge in [0.15, 0.2) is 4.77 Å². The first-order valence-corrected chi connectivity index (χ1v) is 9.82. The molecule has 2 aromatic rings. The number of H-pyrrole nitrogens is 1. The fourth-order valence-corrected chi connectivity index (χ4v) is 4.64. The summed E-state index contributed by atoms with van der Waals surface area (Å²) in [6.45, 7) is 1.25. The standard InChI is InChI=1S/C17H20N4OS2/c22-16(14-13-4-2-1-3-11(13)7-10-24-14)18-8-9-21-15(12-5-6-12)19-20-17(21)23/h1-4,12,14H,5-10H2,(H,18,22)(H,20,23)/t14-/m0/s1. The number of amides is 1. The maximum absolute atomic E-state index is 12.6. The van der Waals surface area contributed by atoms with Crippen molar-refractivity contribution in [2.24, 2.45) is 0 Å². The highest BCUT2D eigenvalue weighted by molar-refractivity contribution is 8.00. The second kappa shape index (κ2) is 6.72. The predicted molar refractivity (Wildman–Crippen MR) is 97.7 cm³/mol. The van der Waals surface area contributed by atoms with Gasteiger partial charge in [0, 0.05) is 19.0 Å². The van der Waals surface area contributed by atoms with Crippen molar-refractivity contribution < 1.29 is 4.79 Å². The number of carbonyl (C=O) groups is 1. The van der Waals surface area contributed by atoms with Crippen molar-refractivity contribution in [1.82, 2.24) is 20.1 Å². The van der Waals surface area contributed by atoms with Crippen LogP contribution in [-0.4, -0.2) is 33.0 Å². The molecule has 1 fully saturated rings. The third-order valence-corrected chi connectivity index (χ3v) is 6.15. The molecule has 1 aromatic heterocycles. The first-order chi connectivity index (χ1) is 11.7. The van der Waals surface area contributed by atoms with E-state index in [1.54, 1.807) is 11.8 Å². The molecule has 0 unspecified atom stereocenters. The number of rotatable bonds is 5. The molecular weight excluding hydrogens is 340 g/mol. The fourth-order valence-electron chi connectivity index (χ4n) is 3.19. The van der Waals surface area contributed by atoms with Crippen LogP contribution in [0.2, 0.25) is 0 Å². The van der Waals surface area contributed by atoms with Crippen LogP contribution in [0, 0.1) is 4.77 Å². The Kier molecular flexibility index (Phi) is 4.45. The highest BCUT2D eigenvalue weighted by atomic mass is 32.2. The van der Waals surface area contributed by atoms with Gasteiger partial charge in [-0.15, -0.1) is 11.8 Å². The van der Waals surface area contributed by atoms with Crippen LogP contribution in [0.5, 0.6) is 0 Å². The highest BCUT2D eigenvalue weighted by Crippen LogP contribution is 2.39. The van der Waals surface area contributed by atoms with Crippen molar-refractivity contribution >= 4 is 29.9 Å². The normalized spacial score (nSPS) is 19.8. The lowest BCUT2D eigenvalue weighted by Crippen LogP contribution is -2.32. The fraction of sp³-hybridized carbons (Fsp3) is 0.471. The van der Waals surface area contributed by atoms with Gasteiger partial charge in [-0.3, -0.25) is 9.89 Å². The van der Waals surface area contributed by atoms with Gasteiger partial charge in [0.2, 0.25) is 5.91 Å². The molecule has 1 aliphatic carbocycles. The second-order valence-corrected chi connectivity index (χ2v) is 7.90. The second-order valence-electron chi connectivity index (χ2n) is 6.30. The minimum absolute atomic E-state index is 0.0927. The van der Waals surface area contributed by atoms with Crippen LogP contribution in [0.15, 0.2) is 24.3 Å². The Morgan fingerprint density at radius 3 is 3.08 bits per heavy atom. The molecule has 2 aliphatic rings. The highest BCUT2D eigenvalue weighted by Gasteiger charge is 2.29. The number of nitrogens with one attached hydrogen (secondary N) is 2. The van der Waals surface area contributed by atoms with Gasteiger partial charge in [-0.25, -0.2) is 0 Å². The van der Waals surface area contributed by atoms with Gasteiger partial charge < -0.3 is 9.88 Å². The van der Waals surface area contributed by atoms with Gasteiger partial charge in [0.05, 0.1) is 0 Å². The molecule has 126 valence electrons. The van der Waals surface area contributed by atoms with Crippen LogP contribution in [0.4, 0.5) is 0 Å². The van der Waals surface area contributed by atoms with Crippen LogP contribution < -0.4 is 5.32 Å². The Labute approximate surface area is 150 Å². The van der Waals surface area contributed by atoms with Crippen LogP contribution in [-0.2, 0) is 17.8 Å². The molecule has 1 aromatic carbocycles. The number of hydrogen-bond acceptors (Lipinski definition) is 4. The third-order valence-electron chi connectivity index (χ3n) is 4.60. The summed E-state index contributed by atoms with van der Waals surface area (Å²) in [4.78, 5) is 12.6. The first-order valence-electron chi connectivity index (χ1n) is 8.36. The lowest BCUT2D eigenvalue weighted by Gasteiger charge is -2.24. The lowest BCUT2D eigenvalue weighted by molar-refractivity contribution is -0.120. The molecule has 1 aliphatic heterocycles. The monoisotopic (exact) mass is 360 g/mol. The van der Waals surface area contributed by atoms with Gasteiger partial charge in [-0.05, 0) is 48.4 Å². The van der Waals surface area contributed by atoms with Crippen molar-refractivity contribution in [3.8, 4) is 0 Å². The van der Waals surface area contributed by atoms with Crippen molar-refractivity contribution in [2.75, 3.05) is 12.3 Å². The number of hydrogen-bond donors (Lipinski definition) is 2. The van der Waals surface area contributed by atoms with Crippen LogP contribution in [0.1, 0.15) is 41.0 Å². The van der Waals surface area contributed by atoms with Gasteiger partial charge in [-0.2, -0.15) is 5.10 Å². The molecule has 7 heteroatoms. The molecule has 1 atom stereocenters. The van der Waals surface area contributed by atoms with E-state index in [4.69, 9.17) is 12.2 Å². The van der Waals surface area contributed by atoms with E-state index in [0.717, 1.165) is 23.6 Å². The number of carbonyl (C=O) groups excluding carboxylic acids is 1. The molecule has 0 radical (unpaired) electrons. The Bertz CT molecular complexity index is 809. The lowest BCUT2D eigenvalue weighted by atomic mass is 10.0. The summed E-state index contributed by atoms with van der Waals surface area (Å²) >= 11 is 7.03. The summed E-state index contributed by atoms with van der Waals surface area (Å²) in [6.07, 6.45) is 3.41. The third kappa shape index (κ3) is 3.15. The van der Waals surface area contributed by atoms with Crippen LogP contribution in [0.25, 0.3) is 0 Å². The zero-order valence-electron chi connectivity index (χ0n) is 13.3. The van der Waals surface area contributed by atoms with E-state index in [2.05, 4.69) is 27.6 Å².